The molecule has 9 nitrogen and oxygen atoms in total. The number of nitrogens with one attached hydrogen (secondary N) is 3. The summed E-state index contributed by atoms with van der Waals surface area (Å²) in [5, 5.41) is 13.1. The molecule has 152 valence electrons. The smallest absolute Gasteiger partial charge is 0.270 e. The van der Waals surface area contributed by atoms with Gasteiger partial charge in [-0.05, 0) is 58.8 Å². The predicted octanol–water partition coefficient (Wildman–Crippen LogP) is 3.10. The lowest BCUT2D eigenvalue weighted by Crippen LogP contribution is -2.48. The molecule has 0 aromatic heterocycles. The molecule has 29 heavy (non-hydrogen) atoms. The number of halogens is 1. The molecule has 0 aliphatic rings. The lowest BCUT2D eigenvalue weighted by atomic mass is 10.2. The minimum absolute atomic E-state index is 0.0624. The first kappa shape index (κ1) is 22.2. The van der Waals surface area contributed by atoms with Crippen LogP contribution in [0.15, 0.2) is 46.9 Å². The summed E-state index contributed by atoms with van der Waals surface area (Å²) >= 11 is 8.32. The number of hydrogen-bond donors (Lipinski definition) is 3. The van der Waals surface area contributed by atoms with Crippen LogP contribution in [-0.4, -0.2) is 28.5 Å². The summed E-state index contributed by atoms with van der Waals surface area (Å²) in [4.78, 5) is 34.5. The molecule has 0 bridgehead atoms. The first-order chi connectivity index (χ1) is 13.8. The van der Waals surface area contributed by atoms with Gasteiger partial charge in [0.15, 0.2) is 5.11 Å². The van der Waals surface area contributed by atoms with E-state index < -0.39 is 16.7 Å². The van der Waals surface area contributed by atoms with Crippen LogP contribution in [0.25, 0.3) is 0 Å². The molecule has 0 saturated carbocycles. The van der Waals surface area contributed by atoms with Crippen LogP contribution in [0.5, 0.6) is 5.75 Å². The minimum Gasteiger partial charge on any atom is -0.492 e. The van der Waals surface area contributed by atoms with Crippen molar-refractivity contribution in [2.45, 2.75) is 13.3 Å². The molecule has 2 amide bonds. The molecule has 2 rings (SSSR count). The summed E-state index contributed by atoms with van der Waals surface area (Å²) in [6.07, 6.45) is 0.858. The van der Waals surface area contributed by atoms with Crippen LogP contribution in [0.3, 0.4) is 0 Å². The van der Waals surface area contributed by atoms with Gasteiger partial charge in [0.05, 0.1) is 16.0 Å². The highest BCUT2D eigenvalue weighted by Gasteiger charge is 2.13. The van der Waals surface area contributed by atoms with Crippen molar-refractivity contribution in [1.29, 1.82) is 0 Å². The van der Waals surface area contributed by atoms with Gasteiger partial charge in [0.25, 0.3) is 17.5 Å². The number of rotatable bonds is 6. The number of ether oxygens (including phenoxy) is 1. The summed E-state index contributed by atoms with van der Waals surface area (Å²) in [6, 6.07) is 10.0. The van der Waals surface area contributed by atoms with E-state index in [9.17, 15) is 19.7 Å². The SMILES string of the molecule is CCCOc1ccc(C(=O)NC(=S)NNC(=O)c2cccc([N+](=O)[O-])c2)cc1Br. The van der Waals surface area contributed by atoms with Gasteiger partial charge in [-0.1, -0.05) is 13.0 Å². The van der Waals surface area contributed by atoms with E-state index in [-0.39, 0.29) is 16.4 Å². The topological polar surface area (TPSA) is 123 Å². The third-order valence-corrected chi connectivity index (χ3v) is 4.32. The largest absolute Gasteiger partial charge is 0.492 e. The summed E-state index contributed by atoms with van der Waals surface area (Å²) in [5.74, 6) is -0.520. The summed E-state index contributed by atoms with van der Waals surface area (Å²) in [6.45, 7) is 2.55. The van der Waals surface area contributed by atoms with E-state index in [4.69, 9.17) is 17.0 Å². The van der Waals surface area contributed by atoms with Crippen LogP contribution >= 0.6 is 28.1 Å². The van der Waals surface area contributed by atoms with Gasteiger partial charge in [-0.25, -0.2) is 0 Å². The molecule has 2 aromatic carbocycles. The number of thiocarbonyl (C=S) groups is 1. The van der Waals surface area contributed by atoms with Gasteiger partial charge in [-0.15, -0.1) is 0 Å². The minimum atomic E-state index is -0.648. The number of benzene rings is 2. The number of amides is 2. The molecule has 0 spiro atoms. The van der Waals surface area contributed by atoms with E-state index in [0.29, 0.717) is 22.4 Å². The Hall–Kier alpha value is -3.05. The van der Waals surface area contributed by atoms with Crippen molar-refractivity contribution < 1.29 is 19.2 Å². The number of hydrogen-bond acceptors (Lipinski definition) is 6. The number of hydrazine groups is 1. The highest BCUT2D eigenvalue weighted by Crippen LogP contribution is 2.26. The van der Waals surface area contributed by atoms with E-state index in [1.807, 2.05) is 6.92 Å². The summed E-state index contributed by atoms with van der Waals surface area (Å²) < 4.78 is 6.15. The van der Waals surface area contributed by atoms with Crippen molar-refractivity contribution in [3.63, 3.8) is 0 Å². The lowest BCUT2D eigenvalue weighted by Gasteiger charge is -2.12. The van der Waals surface area contributed by atoms with Gasteiger partial charge < -0.3 is 4.74 Å². The lowest BCUT2D eigenvalue weighted by molar-refractivity contribution is -0.384. The fourth-order valence-corrected chi connectivity index (χ4v) is 2.76. The highest BCUT2D eigenvalue weighted by atomic mass is 79.9. The van der Waals surface area contributed by atoms with Crippen LogP contribution in [0, 0.1) is 10.1 Å². The first-order valence-electron chi connectivity index (χ1n) is 8.40. The van der Waals surface area contributed by atoms with E-state index in [1.165, 1.54) is 18.2 Å². The third-order valence-electron chi connectivity index (χ3n) is 3.49. The van der Waals surface area contributed by atoms with Gasteiger partial charge in [0, 0.05) is 23.3 Å². The fraction of sp³-hybridized carbons (Fsp3) is 0.167. The molecule has 11 heteroatoms. The van der Waals surface area contributed by atoms with Gasteiger partial charge in [-0.3, -0.25) is 35.9 Å². The molecule has 0 aliphatic heterocycles. The Balaban J connectivity index is 1.91. The van der Waals surface area contributed by atoms with Gasteiger partial charge in [0.2, 0.25) is 0 Å². The molecule has 0 aliphatic carbocycles. The van der Waals surface area contributed by atoms with Crippen molar-refractivity contribution >= 4 is 50.8 Å². The van der Waals surface area contributed by atoms with Crippen molar-refractivity contribution in [3.05, 3.63) is 68.2 Å². The Bertz CT molecular complexity index is 954. The summed E-state index contributed by atoms with van der Waals surface area (Å²) in [7, 11) is 0. The Morgan fingerprint density at radius 1 is 1.14 bits per heavy atom. The molecule has 0 unspecified atom stereocenters. The van der Waals surface area contributed by atoms with Gasteiger partial charge in [-0.2, -0.15) is 0 Å². The average molecular weight is 481 g/mol. The maximum Gasteiger partial charge on any atom is 0.270 e. The predicted molar refractivity (Wildman–Crippen MR) is 114 cm³/mol. The number of nitro groups is 1. The molecule has 0 saturated heterocycles. The Morgan fingerprint density at radius 3 is 2.52 bits per heavy atom. The Labute approximate surface area is 180 Å². The van der Waals surface area contributed by atoms with Crippen molar-refractivity contribution in [1.82, 2.24) is 16.2 Å². The molecular formula is C18H17BrN4O5S. The number of carbonyl (C=O) groups excluding carboxylic acids is 2. The first-order valence-corrected chi connectivity index (χ1v) is 9.60. The summed E-state index contributed by atoms with van der Waals surface area (Å²) in [5.41, 5.74) is 4.82. The van der Waals surface area contributed by atoms with E-state index >= 15 is 0 Å². The van der Waals surface area contributed by atoms with E-state index in [0.717, 1.165) is 12.5 Å². The third kappa shape index (κ3) is 6.50. The fourth-order valence-electron chi connectivity index (χ4n) is 2.12. The zero-order chi connectivity index (χ0) is 21.4. The maximum absolute atomic E-state index is 12.3. The normalized spacial score (nSPS) is 10.0. The molecule has 0 heterocycles. The molecule has 0 atom stereocenters. The second-order valence-electron chi connectivity index (χ2n) is 5.66. The van der Waals surface area contributed by atoms with Crippen molar-refractivity contribution in [2.24, 2.45) is 0 Å². The van der Waals surface area contributed by atoms with Crippen molar-refractivity contribution in [2.75, 3.05) is 6.61 Å². The van der Waals surface area contributed by atoms with Crippen LogP contribution in [-0.2, 0) is 0 Å². The molecule has 3 N–H and O–H groups in total. The number of nitrogens with zero attached hydrogens (tertiary/aromatic N) is 1. The number of non-ortho nitro benzene ring substituents is 1. The van der Waals surface area contributed by atoms with Crippen LogP contribution < -0.4 is 20.9 Å². The second kappa shape index (κ2) is 10.5. The number of nitro benzene ring substituents is 1. The van der Waals surface area contributed by atoms with E-state index in [2.05, 4.69) is 32.1 Å². The Morgan fingerprint density at radius 2 is 1.86 bits per heavy atom. The number of carbonyl (C=O) groups is 2. The average Bonchev–Trinajstić information content (AvgIpc) is 2.71. The highest BCUT2D eigenvalue weighted by molar-refractivity contribution is 9.10. The van der Waals surface area contributed by atoms with Crippen LogP contribution in [0.1, 0.15) is 34.1 Å². The molecule has 0 radical (unpaired) electrons. The zero-order valence-corrected chi connectivity index (χ0v) is 17.6. The molecular weight excluding hydrogens is 464 g/mol. The standard InChI is InChI=1S/C18H17BrN4O5S/c1-2-8-28-15-7-6-12(10-14(15)19)16(24)20-18(29)22-21-17(25)11-4-3-5-13(9-11)23(26)27/h3-7,9-10H,2,8H2,1H3,(H,21,25)(H2,20,22,24,29). The van der Waals surface area contributed by atoms with Gasteiger partial charge in [0.1, 0.15) is 5.75 Å². The van der Waals surface area contributed by atoms with Crippen molar-refractivity contribution in [3.8, 4) is 5.75 Å². The monoisotopic (exact) mass is 480 g/mol. The molecule has 2 aromatic rings. The second-order valence-corrected chi connectivity index (χ2v) is 6.93. The molecule has 0 fully saturated rings. The van der Waals surface area contributed by atoms with Gasteiger partial charge >= 0.3 is 0 Å². The zero-order valence-electron chi connectivity index (χ0n) is 15.2. The maximum atomic E-state index is 12.3. The van der Waals surface area contributed by atoms with Crippen LogP contribution in [0.2, 0.25) is 0 Å². The Kier molecular flexibility index (Phi) is 8.04. The van der Waals surface area contributed by atoms with E-state index in [1.54, 1.807) is 18.2 Å². The quantitative estimate of drug-likeness (QED) is 0.329. The van der Waals surface area contributed by atoms with Crippen LogP contribution in [0.4, 0.5) is 5.69 Å².